The highest BCUT2D eigenvalue weighted by Crippen LogP contribution is 2.23. The Morgan fingerprint density at radius 1 is 1.32 bits per heavy atom. The van der Waals surface area contributed by atoms with Gasteiger partial charge in [-0.2, -0.15) is 0 Å². The number of rotatable bonds is 7. The average Bonchev–Trinajstić information content (AvgIpc) is 3.10. The van der Waals surface area contributed by atoms with Crippen molar-refractivity contribution in [1.82, 2.24) is 14.9 Å². The van der Waals surface area contributed by atoms with E-state index >= 15 is 0 Å². The molecule has 0 saturated heterocycles. The average molecular weight is 375 g/mol. The van der Waals surface area contributed by atoms with Crippen molar-refractivity contribution >= 4 is 39.2 Å². The summed E-state index contributed by atoms with van der Waals surface area (Å²) >= 11 is 2.62. The molecule has 130 valence electrons. The Morgan fingerprint density at radius 3 is 2.88 bits per heavy atom. The molecule has 25 heavy (non-hydrogen) atoms. The maximum Gasteiger partial charge on any atom is 0.276 e. The lowest BCUT2D eigenvalue weighted by Crippen LogP contribution is -2.29. The van der Waals surface area contributed by atoms with Crippen molar-refractivity contribution in [3.8, 4) is 5.69 Å². The molecule has 0 atom stereocenters. The topological polar surface area (TPSA) is 73.2 Å². The molecule has 2 aromatic heterocycles. The van der Waals surface area contributed by atoms with Crippen LogP contribution < -0.4 is 10.9 Å². The van der Waals surface area contributed by atoms with E-state index in [4.69, 9.17) is 4.74 Å². The Hall–Kier alpha value is -2.16. The molecule has 0 aliphatic carbocycles. The van der Waals surface area contributed by atoms with Crippen molar-refractivity contribution in [1.29, 1.82) is 0 Å². The molecular formula is C17H17N3O3S2. The van der Waals surface area contributed by atoms with Gasteiger partial charge in [0.05, 0.1) is 23.6 Å². The molecule has 3 aromatic rings. The van der Waals surface area contributed by atoms with E-state index in [-0.39, 0.29) is 17.2 Å². The van der Waals surface area contributed by atoms with Crippen LogP contribution in [-0.2, 0) is 9.53 Å². The molecule has 0 spiro atoms. The highest BCUT2D eigenvalue weighted by molar-refractivity contribution is 7.99. The number of thioether (sulfide) groups is 1. The van der Waals surface area contributed by atoms with E-state index in [1.165, 1.54) is 23.1 Å². The van der Waals surface area contributed by atoms with Crippen LogP contribution >= 0.6 is 23.1 Å². The van der Waals surface area contributed by atoms with E-state index in [0.29, 0.717) is 28.5 Å². The molecule has 0 radical (unpaired) electrons. The Labute approximate surface area is 152 Å². The second-order valence-corrected chi connectivity index (χ2v) is 7.00. The monoisotopic (exact) mass is 375 g/mol. The van der Waals surface area contributed by atoms with Crippen LogP contribution in [0.15, 0.2) is 51.7 Å². The zero-order valence-electron chi connectivity index (χ0n) is 13.6. The number of methoxy groups -OCH3 is 1. The molecule has 6 nitrogen and oxygen atoms in total. The molecule has 0 aliphatic rings. The molecular weight excluding hydrogens is 358 g/mol. The number of nitrogens with zero attached hydrogens (tertiary/aromatic N) is 2. The van der Waals surface area contributed by atoms with Gasteiger partial charge < -0.3 is 10.1 Å². The summed E-state index contributed by atoms with van der Waals surface area (Å²) < 4.78 is 7.08. The smallest absolute Gasteiger partial charge is 0.276 e. The van der Waals surface area contributed by atoms with Crippen molar-refractivity contribution in [3.05, 3.63) is 52.1 Å². The normalized spacial score (nSPS) is 10.9. The minimum absolute atomic E-state index is 0.117. The first kappa shape index (κ1) is 17.7. The van der Waals surface area contributed by atoms with Gasteiger partial charge in [-0.15, -0.1) is 11.3 Å². The lowest BCUT2D eigenvalue weighted by molar-refractivity contribution is -0.118. The number of thiophene rings is 1. The number of aromatic nitrogens is 2. The van der Waals surface area contributed by atoms with Crippen LogP contribution in [0, 0.1) is 0 Å². The number of para-hydroxylation sites is 1. The van der Waals surface area contributed by atoms with E-state index in [1.54, 1.807) is 11.7 Å². The molecule has 8 heteroatoms. The second kappa shape index (κ2) is 8.28. The second-order valence-electron chi connectivity index (χ2n) is 5.14. The molecule has 0 saturated carbocycles. The lowest BCUT2D eigenvalue weighted by atomic mass is 10.3. The summed E-state index contributed by atoms with van der Waals surface area (Å²) in [5.41, 5.74) is 1.27. The summed E-state index contributed by atoms with van der Waals surface area (Å²) in [5.74, 6) is 0.0554. The Kier molecular flexibility index (Phi) is 5.85. The molecule has 1 N–H and O–H groups in total. The van der Waals surface area contributed by atoms with Gasteiger partial charge in [-0.05, 0) is 23.6 Å². The summed E-state index contributed by atoms with van der Waals surface area (Å²) in [6.07, 6.45) is 0. The van der Waals surface area contributed by atoms with Crippen LogP contribution in [0.1, 0.15) is 0 Å². The number of benzene rings is 1. The number of carbonyl (C=O) groups excluding carboxylic acids is 1. The van der Waals surface area contributed by atoms with Gasteiger partial charge in [-0.25, -0.2) is 4.98 Å². The first-order valence-electron chi connectivity index (χ1n) is 7.65. The molecule has 3 rings (SSSR count). The third kappa shape index (κ3) is 4.09. The SMILES string of the molecule is COCCNC(=O)CSc1nc2ccsc2c(=O)n1-c1ccccc1. The minimum Gasteiger partial charge on any atom is -0.383 e. The van der Waals surface area contributed by atoms with Crippen LogP contribution in [0.3, 0.4) is 0 Å². The predicted octanol–water partition coefficient (Wildman–Crippen LogP) is 2.30. The quantitative estimate of drug-likeness (QED) is 0.390. The summed E-state index contributed by atoms with van der Waals surface area (Å²) in [7, 11) is 1.58. The van der Waals surface area contributed by atoms with Crippen molar-refractivity contribution in [2.45, 2.75) is 5.16 Å². The molecule has 1 aromatic carbocycles. The first-order valence-corrected chi connectivity index (χ1v) is 9.51. The number of hydrogen-bond acceptors (Lipinski definition) is 6. The lowest BCUT2D eigenvalue weighted by Gasteiger charge is -2.12. The van der Waals surface area contributed by atoms with Gasteiger partial charge in [-0.3, -0.25) is 14.2 Å². The Balaban J connectivity index is 1.91. The van der Waals surface area contributed by atoms with Crippen LogP contribution in [0.5, 0.6) is 0 Å². The molecule has 0 fully saturated rings. The molecule has 1 amide bonds. The third-order valence-electron chi connectivity index (χ3n) is 3.42. The van der Waals surface area contributed by atoms with Crippen molar-refractivity contribution in [2.75, 3.05) is 26.0 Å². The summed E-state index contributed by atoms with van der Waals surface area (Å²) in [4.78, 5) is 29.4. The maximum absolute atomic E-state index is 12.9. The fraction of sp³-hybridized carbons (Fsp3) is 0.235. The summed E-state index contributed by atoms with van der Waals surface area (Å²) in [6.45, 7) is 0.919. The number of fused-ring (bicyclic) bond motifs is 1. The van der Waals surface area contributed by atoms with E-state index in [1.807, 2.05) is 41.8 Å². The maximum atomic E-state index is 12.9. The van der Waals surface area contributed by atoms with Gasteiger partial charge in [0.2, 0.25) is 5.91 Å². The van der Waals surface area contributed by atoms with Gasteiger partial charge in [0.15, 0.2) is 5.16 Å². The zero-order valence-corrected chi connectivity index (χ0v) is 15.2. The van der Waals surface area contributed by atoms with Gasteiger partial charge in [0, 0.05) is 13.7 Å². The van der Waals surface area contributed by atoms with Gasteiger partial charge in [-0.1, -0.05) is 30.0 Å². The van der Waals surface area contributed by atoms with E-state index in [2.05, 4.69) is 10.3 Å². The number of ether oxygens (including phenoxy) is 1. The number of carbonyl (C=O) groups is 1. The zero-order chi connectivity index (χ0) is 17.6. The fourth-order valence-corrected chi connectivity index (χ4v) is 3.87. The van der Waals surface area contributed by atoms with Crippen molar-refractivity contribution in [3.63, 3.8) is 0 Å². The number of amides is 1. The fourth-order valence-electron chi connectivity index (χ4n) is 2.27. The standard InChI is InChI=1S/C17H17N3O3S2/c1-23-9-8-18-14(21)11-25-17-19-13-7-10-24-15(13)16(22)20(17)12-5-3-2-4-6-12/h2-7,10H,8-9,11H2,1H3,(H,18,21). The van der Waals surface area contributed by atoms with Crippen molar-refractivity contribution < 1.29 is 9.53 Å². The van der Waals surface area contributed by atoms with Crippen LogP contribution in [0.4, 0.5) is 0 Å². The molecule has 0 unspecified atom stereocenters. The Bertz CT molecular complexity index is 922. The van der Waals surface area contributed by atoms with Crippen LogP contribution in [0.2, 0.25) is 0 Å². The van der Waals surface area contributed by atoms with Crippen LogP contribution in [0.25, 0.3) is 15.9 Å². The number of hydrogen-bond donors (Lipinski definition) is 1. The van der Waals surface area contributed by atoms with E-state index in [0.717, 1.165) is 5.69 Å². The largest absolute Gasteiger partial charge is 0.383 e. The van der Waals surface area contributed by atoms with Crippen LogP contribution in [-0.4, -0.2) is 41.5 Å². The van der Waals surface area contributed by atoms with Gasteiger partial charge in [0.25, 0.3) is 5.56 Å². The van der Waals surface area contributed by atoms with E-state index < -0.39 is 0 Å². The molecule has 0 aliphatic heterocycles. The molecule has 0 bridgehead atoms. The van der Waals surface area contributed by atoms with Gasteiger partial charge in [0.1, 0.15) is 4.70 Å². The minimum atomic E-state index is -0.124. The summed E-state index contributed by atoms with van der Waals surface area (Å²) in [5, 5.41) is 5.11. The predicted molar refractivity (Wildman–Crippen MR) is 101 cm³/mol. The number of nitrogens with one attached hydrogen (secondary N) is 1. The highest BCUT2D eigenvalue weighted by atomic mass is 32.2. The van der Waals surface area contributed by atoms with Gasteiger partial charge >= 0.3 is 0 Å². The molecule has 2 heterocycles. The summed E-state index contributed by atoms with van der Waals surface area (Å²) in [6, 6.07) is 11.1. The first-order chi connectivity index (χ1) is 12.2. The highest BCUT2D eigenvalue weighted by Gasteiger charge is 2.15. The Morgan fingerprint density at radius 2 is 2.12 bits per heavy atom. The van der Waals surface area contributed by atoms with E-state index in [9.17, 15) is 9.59 Å². The van der Waals surface area contributed by atoms with Crippen molar-refractivity contribution in [2.24, 2.45) is 0 Å². The third-order valence-corrected chi connectivity index (χ3v) is 5.25.